The number of benzene rings is 1. The topological polar surface area (TPSA) is 90.0 Å². The summed E-state index contributed by atoms with van der Waals surface area (Å²) in [7, 11) is 3.15. The second kappa shape index (κ2) is 8.90. The number of carbonyl (C=O) groups excluding carboxylic acids is 2. The molecule has 0 saturated heterocycles. The Hall–Kier alpha value is -3.55. The zero-order valence-corrected chi connectivity index (χ0v) is 18.7. The molecule has 1 N–H and O–H groups in total. The van der Waals surface area contributed by atoms with Gasteiger partial charge in [-0.3, -0.25) is 9.59 Å². The van der Waals surface area contributed by atoms with Crippen LogP contribution in [0, 0.1) is 5.92 Å². The standard InChI is InChI=1S/C24H27N3O5/c1-14(2)11-17(23(28)26-20-7-5-6-10-25-20)27-13-15-12-16-18(30-3)8-9-19(31-4)22(16)32-21(15)24(27)29/h5-10,14,17H,11-13H2,1-4H3,(H,25,26,28). The molecule has 2 aromatic rings. The highest BCUT2D eigenvalue weighted by Crippen LogP contribution is 2.45. The van der Waals surface area contributed by atoms with Crippen molar-refractivity contribution in [1.29, 1.82) is 0 Å². The van der Waals surface area contributed by atoms with Crippen molar-refractivity contribution in [2.24, 2.45) is 5.92 Å². The molecule has 2 aliphatic rings. The average Bonchev–Trinajstić information content (AvgIpc) is 3.11. The molecule has 8 heteroatoms. The Morgan fingerprint density at radius 1 is 1.19 bits per heavy atom. The number of nitrogens with one attached hydrogen (secondary N) is 1. The van der Waals surface area contributed by atoms with Crippen LogP contribution in [0.1, 0.15) is 25.8 Å². The van der Waals surface area contributed by atoms with Crippen molar-refractivity contribution in [2.45, 2.75) is 32.7 Å². The highest BCUT2D eigenvalue weighted by molar-refractivity contribution is 6.02. The summed E-state index contributed by atoms with van der Waals surface area (Å²) in [5, 5.41) is 2.84. The van der Waals surface area contributed by atoms with Crippen molar-refractivity contribution in [2.75, 3.05) is 26.1 Å². The van der Waals surface area contributed by atoms with E-state index in [0.29, 0.717) is 42.5 Å². The number of pyridine rings is 1. The molecule has 2 aliphatic heterocycles. The number of rotatable bonds is 7. The quantitative estimate of drug-likeness (QED) is 0.716. The van der Waals surface area contributed by atoms with Gasteiger partial charge in [-0.2, -0.15) is 0 Å². The van der Waals surface area contributed by atoms with Gasteiger partial charge in [-0.25, -0.2) is 4.98 Å². The molecule has 1 unspecified atom stereocenters. The van der Waals surface area contributed by atoms with E-state index < -0.39 is 6.04 Å². The lowest BCUT2D eigenvalue weighted by molar-refractivity contribution is -0.135. The first kappa shape index (κ1) is 21.7. The van der Waals surface area contributed by atoms with Gasteiger partial charge in [0, 0.05) is 30.3 Å². The maximum Gasteiger partial charge on any atom is 0.290 e. The summed E-state index contributed by atoms with van der Waals surface area (Å²) in [6.45, 7) is 4.37. The van der Waals surface area contributed by atoms with Crippen LogP contribution in [0.3, 0.4) is 0 Å². The molecular formula is C24H27N3O5. The molecule has 32 heavy (non-hydrogen) atoms. The van der Waals surface area contributed by atoms with Gasteiger partial charge in [0.25, 0.3) is 5.91 Å². The maximum absolute atomic E-state index is 13.4. The van der Waals surface area contributed by atoms with Crippen molar-refractivity contribution in [1.82, 2.24) is 9.88 Å². The third-order valence-corrected chi connectivity index (χ3v) is 5.64. The molecule has 0 saturated carbocycles. The zero-order chi connectivity index (χ0) is 22.8. The minimum atomic E-state index is -0.648. The second-order valence-electron chi connectivity index (χ2n) is 8.27. The summed E-state index contributed by atoms with van der Waals surface area (Å²) in [5.74, 6) is 2.06. The summed E-state index contributed by atoms with van der Waals surface area (Å²) in [6.07, 6.45) is 2.62. The minimum absolute atomic E-state index is 0.207. The Morgan fingerprint density at radius 3 is 2.59 bits per heavy atom. The van der Waals surface area contributed by atoms with Gasteiger partial charge >= 0.3 is 0 Å². The van der Waals surface area contributed by atoms with E-state index in [9.17, 15) is 9.59 Å². The molecular weight excluding hydrogens is 410 g/mol. The minimum Gasteiger partial charge on any atom is -0.496 e. The predicted octanol–water partition coefficient (Wildman–Crippen LogP) is 3.18. The van der Waals surface area contributed by atoms with Crippen LogP contribution in [0.5, 0.6) is 17.2 Å². The maximum atomic E-state index is 13.4. The largest absolute Gasteiger partial charge is 0.496 e. The van der Waals surface area contributed by atoms with E-state index in [0.717, 1.165) is 11.1 Å². The highest BCUT2D eigenvalue weighted by Gasteiger charge is 2.42. The monoisotopic (exact) mass is 437 g/mol. The Bertz CT molecular complexity index is 1060. The van der Waals surface area contributed by atoms with Crippen LogP contribution in [0.25, 0.3) is 0 Å². The average molecular weight is 437 g/mol. The van der Waals surface area contributed by atoms with Gasteiger partial charge in [0.2, 0.25) is 5.91 Å². The van der Waals surface area contributed by atoms with Crippen molar-refractivity contribution in [3.05, 3.63) is 53.4 Å². The fourth-order valence-corrected chi connectivity index (χ4v) is 4.14. The SMILES string of the molecule is COc1ccc(OC)c2c1CC1=C(O2)C(=O)N(C(CC(C)C)C(=O)Nc2ccccn2)C1. The molecule has 0 fully saturated rings. The van der Waals surface area contributed by atoms with Crippen LogP contribution in [-0.2, 0) is 16.0 Å². The number of ether oxygens (including phenoxy) is 3. The molecule has 0 bridgehead atoms. The number of amides is 2. The van der Waals surface area contributed by atoms with Crippen molar-refractivity contribution < 1.29 is 23.8 Å². The molecule has 168 valence electrons. The van der Waals surface area contributed by atoms with Gasteiger partial charge < -0.3 is 24.4 Å². The lowest BCUT2D eigenvalue weighted by Crippen LogP contribution is -2.46. The van der Waals surface area contributed by atoms with Crippen LogP contribution in [0.4, 0.5) is 5.82 Å². The van der Waals surface area contributed by atoms with Gasteiger partial charge in [-0.05, 0) is 36.6 Å². The first-order chi connectivity index (χ1) is 15.4. The molecule has 8 nitrogen and oxygen atoms in total. The summed E-state index contributed by atoms with van der Waals surface area (Å²) in [4.78, 5) is 32.3. The summed E-state index contributed by atoms with van der Waals surface area (Å²) in [5.41, 5.74) is 1.66. The van der Waals surface area contributed by atoms with E-state index in [4.69, 9.17) is 14.2 Å². The number of methoxy groups -OCH3 is 2. The number of aromatic nitrogens is 1. The van der Waals surface area contributed by atoms with E-state index in [2.05, 4.69) is 10.3 Å². The molecule has 1 aromatic heterocycles. The van der Waals surface area contributed by atoms with Crippen molar-refractivity contribution >= 4 is 17.6 Å². The number of carbonyl (C=O) groups is 2. The van der Waals surface area contributed by atoms with Gasteiger partial charge in [0.05, 0.1) is 14.2 Å². The number of anilines is 1. The van der Waals surface area contributed by atoms with E-state index in [-0.39, 0.29) is 23.5 Å². The Balaban J connectivity index is 1.60. The number of hydrogen-bond acceptors (Lipinski definition) is 6. The molecule has 1 atom stereocenters. The number of nitrogens with zero attached hydrogens (tertiary/aromatic N) is 2. The number of hydrogen-bond donors (Lipinski definition) is 1. The van der Waals surface area contributed by atoms with E-state index >= 15 is 0 Å². The molecule has 2 amide bonds. The second-order valence-corrected chi connectivity index (χ2v) is 8.27. The smallest absolute Gasteiger partial charge is 0.290 e. The fourth-order valence-electron chi connectivity index (χ4n) is 4.14. The summed E-state index contributed by atoms with van der Waals surface area (Å²) in [6, 6.07) is 8.22. The van der Waals surface area contributed by atoms with E-state index in [1.807, 2.05) is 19.9 Å². The van der Waals surface area contributed by atoms with Crippen molar-refractivity contribution in [3.8, 4) is 17.2 Å². The number of fused-ring (bicyclic) bond motifs is 1. The van der Waals surface area contributed by atoms with Crippen molar-refractivity contribution in [3.63, 3.8) is 0 Å². The molecule has 0 spiro atoms. The molecule has 0 aliphatic carbocycles. The lowest BCUT2D eigenvalue weighted by Gasteiger charge is -2.28. The summed E-state index contributed by atoms with van der Waals surface area (Å²) >= 11 is 0. The first-order valence-electron chi connectivity index (χ1n) is 10.6. The van der Waals surface area contributed by atoms with Gasteiger partial charge in [-0.15, -0.1) is 0 Å². The third kappa shape index (κ3) is 4.00. The zero-order valence-electron chi connectivity index (χ0n) is 18.7. The van der Waals surface area contributed by atoms with Gasteiger partial charge in [-0.1, -0.05) is 19.9 Å². The highest BCUT2D eigenvalue weighted by atomic mass is 16.5. The van der Waals surface area contributed by atoms with Crippen LogP contribution in [0.15, 0.2) is 47.9 Å². The van der Waals surface area contributed by atoms with Gasteiger partial charge in [0.1, 0.15) is 17.6 Å². The van der Waals surface area contributed by atoms with Crippen LogP contribution in [-0.4, -0.2) is 48.5 Å². The fraction of sp³-hybridized carbons (Fsp3) is 0.375. The molecule has 3 heterocycles. The van der Waals surface area contributed by atoms with Crippen LogP contribution >= 0.6 is 0 Å². The molecule has 1 aromatic carbocycles. The summed E-state index contributed by atoms with van der Waals surface area (Å²) < 4.78 is 17.0. The first-order valence-corrected chi connectivity index (χ1v) is 10.6. The molecule has 4 rings (SSSR count). The lowest BCUT2D eigenvalue weighted by atomic mass is 9.99. The normalized spacial score (nSPS) is 15.8. The Morgan fingerprint density at radius 2 is 1.94 bits per heavy atom. The van der Waals surface area contributed by atoms with E-state index in [1.165, 1.54) is 0 Å². The van der Waals surface area contributed by atoms with E-state index in [1.54, 1.807) is 49.6 Å². The molecule has 0 radical (unpaired) electrons. The van der Waals surface area contributed by atoms with Gasteiger partial charge in [0.15, 0.2) is 17.3 Å². The predicted molar refractivity (Wildman–Crippen MR) is 119 cm³/mol. The third-order valence-electron chi connectivity index (χ3n) is 5.64. The van der Waals surface area contributed by atoms with Crippen LogP contribution in [0.2, 0.25) is 0 Å². The van der Waals surface area contributed by atoms with Crippen LogP contribution < -0.4 is 19.5 Å². The Labute approximate surface area is 187 Å². The Kier molecular flexibility index (Phi) is 6.03.